The van der Waals surface area contributed by atoms with E-state index in [0.29, 0.717) is 5.92 Å². The summed E-state index contributed by atoms with van der Waals surface area (Å²) in [6.45, 7) is 8.51. The molecule has 5 aromatic carbocycles. The lowest BCUT2D eigenvalue weighted by atomic mass is 9.69. The Morgan fingerprint density at radius 1 is 0.634 bits per heavy atom. The highest BCUT2D eigenvalue weighted by molar-refractivity contribution is 5.86. The van der Waals surface area contributed by atoms with Gasteiger partial charge in [0.1, 0.15) is 0 Å². The molecule has 0 fully saturated rings. The molecule has 2 unspecified atom stereocenters. The second-order valence-electron chi connectivity index (χ2n) is 11.6. The summed E-state index contributed by atoms with van der Waals surface area (Å²) in [6.07, 6.45) is 7.68. The van der Waals surface area contributed by atoms with Crippen LogP contribution in [0, 0.1) is 0 Å². The van der Waals surface area contributed by atoms with Crippen molar-refractivity contribution in [1.29, 1.82) is 0 Å². The highest BCUT2D eigenvalue weighted by atomic mass is 14.5. The molecule has 0 bridgehead atoms. The van der Waals surface area contributed by atoms with E-state index in [4.69, 9.17) is 0 Å². The molecule has 2 atom stereocenters. The smallest absolute Gasteiger partial charge is 0.0463 e. The van der Waals surface area contributed by atoms with Crippen molar-refractivity contribution in [1.82, 2.24) is 0 Å². The van der Waals surface area contributed by atoms with Crippen molar-refractivity contribution in [3.8, 4) is 33.4 Å². The monoisotopic (exact) mass is 532 g/mol. The molecule has 0 aliphatic heterocycles. The van der Waals surface area contributed by atoms with E-state index < -0.39 is 0 Å². The molecule has 0 N–H and O–H groups in total. The molecule has 0 amide bonds. The molecule has 0 spiro atoms. The van der Waals surface area contributed by atoms with Gasteiger partial charge in [-0.3, -0.25) is 0 Å². The average Bonchev–Trinajstić information content (AvgIpc) is 3.33. The Bertz CT molecular complexity index is 1620. The number of rotatable bonds is 10. The second kappa shape index (κ2) is 11.8. The third-order valence-corrected chi connectivity index (χ3v) is 9.28. The number of hydrogen-bond donors (Lipinski definition) is 0. The summed E-state index contributed by atoms with van der Waals surface area (Å²) in [5.74, 6) is 0.599. The van der Waals surface area contributed by atoms with Crippen LogP contribution in [0.1, 0.15) is 74.1 Å². The standard InChI is InChI=1S/C41H40/c1-4-6-7-13-28-41(36-14-9-8-10-15-36)39-17-12-11-16-37(39)38-27-26-35(29-40(38)41)34-24-22-33(23-25-34)32-20-18-31(19-21-32)30(3)5-2/h4,8-12,14-27,29-30H,1,5-7,13,28H2,2-3H3. The molecule has 1 aliphatic rings. The van der Waals surface area contributed by atoms with E-state index in [1.54, 1.807) is 0 Å². The zero-order chi connectivity index (χ0) is 28.2. The molecule has 5 aromatic rings. The van der Waals surface area contributed by atoms with E-state index in [2.05, 4.69) is 142 Å². The van der Waals surface area contributed by atoms with Crippen LogP contribution in [0.25, 0.3) is 33.4 Å². The Hall–Kier alpha value is -4.16. The molecular weight excluding hydrogens is 492 g/mol. The third-order valence-electron chi connectivity index (χ3n) is 9.28. The van der Waals surface area contributed by atoms with Crippen LogP contribution >= 0.6 is 0 Å². The van der Waals surface area contributed by atoms with Crippen LogP contribution in [0.3, 0.4) is 0 Å². The first-order valence-corrected chi connectivity index (χ1v) is 15.3. The number of allylic oxidation sites excluding steroid dienone is 1. The van der Waals surface area contributed by atoms with Gasteiger partial charge in [0.15, 0.2) is 0 Å². The largest absolute Gasteiger partial charge is 0.103 e. The van der Waals surface area contributed by atoms with Gasteiger partial charge in [-0.2, -0.15) is 0 Å². The van der Waals surface area contributed by atoms with Gasteiger partial charge in [0.05, 0.1) is 0 Å². The molecule has 41 heavy (non-hydrogen) atoms. The van der Waals surface area contributed by atoms with Crippen molar-refractivity contribution < 1.29 is 0 Å². The summed E-state index contributed by atoms with van der Waals surface area (Å²) in [4.78, 5) is 0. The van der Waals surface area contributed by atoms with Crippen LogP contribution in [0.2, 0.25) is 0 Å². The SMILES string of the molecule is C=CCCCCC1(c2ccccc2)c2ccccc2-c2ccc(-c3ccc(-c4ccc(C(C)CC)cc4)cc3)cc21. The molecule has 204 valence electrons. The van der Waals surface area contributed by atoms with Gasteiger partial charge in [-0.15, -0.1) is 6.58 Å². The summed E-state index contributed by atoms with van der Waals surface area (Å²) < 4.78 is 0. The summed E-state index contributed by atoms with van der Waals surface area (Å²) in [7, 11) is 0. The first-order valence-electron chi connectivity index (χ1n) is 15.3. The van der Waals surface area contributed by atoms with E-state index in [1.807, 2.05) is 6.08 Å². The molecule has 0 radical (unpaired) electrons. The maximum absolute atomic E-state index is 3.96. The van der Waals surface area contributed by atoms with Crippen molar-refractivity contribution in [2.24, 2.45) is 0 Å². The number of unbranched alkanes of at least 4 members (excludes halogenated alkanes) is 2. The lowest BCUT2D eigenvalue weighted by molar-refractivity contribution is 0.530. The lowest BCUT2D eigenvalue weighted by Gasteiger charge is -2.33. The fourth-order valence-corrected chi connectivity index (χ4v) is 6.77. The molecule has 0 saturated carbocycles. The van der Waals surface area contributed by atoms with Crippen molar-refractivity contribution in [3.63, 3.8) is 0 Å². The number of benzene rings is 5. The third kappa shape index (κ3) is 4.97. The summed E-state index contributed by atoms with van der Waals surface area (Å²) >= 11 is 0. The molecule has 0 nitrogen and oxygen atoms in total. The van der Waals surface area contributed by atoms with Gasteiger partial charge in [-0.1, -0.05) is 142 Å². The van der Waals surface area contributed by atoms with Crippen molar-refractivity contribution in [3.05, 3.63) is 156 Å². The predicted molar refractivity (Wildman–Crippen MR) is 176 cm³/mol. The zero-order valence-electron chi connectivity index (χ0n) is 24.4. The number of hydrogen-bond acceptors (Lipinski definition) is 0. The van der Waals surface area contributed by atoms with E-state index in [0.717, 1.165) is 25.7 Å². The summed E-state index contributed by atoms with van der Waals surface area (Å²) in [6, 6.07) is 45.6. The van der Waals surface area contributed by atoms with E-state index in [-0.39, 0.29) is 5.41 Å². The van der Waals surface area contributed by atoms with E-state index >= 15 is 0 Å². The Labute approximate surface area is 246 Å². The Balaban J connectivity index is 1.40. The topological polar surface area (TPSA) is 0 Å². The molecular formula is C41H40. The van der Waals surface area contributed by atoms with Crippen LogP contribution < -0.4 is 0 Å². The van der Waals surface area contributed by atoms with Gasteiger partial charge < -0.3 is 0 Å². The maximum Gasteiger partial charge on any atom is 0.0463 e. The van der Waals surface area contributed by atoms with Gasteiger partial charge in [0, 0.05) is 5.41 Å². The fourth-order valence-electron chi connectivity index (χ4n) is 6.77. The minimum absolute atomic E-state index is 0.151. The first-order chi connectivity index (χ1) is 20.2. The Morgan fingerprint density at radius 2 is 1.22 bits per heavy atom. The van der Waals surface area contributed by atoms with Gasteiger partial charge in [-0.25, -0.2) is 0 Å². The minimum Gasteiger partial charge on any atom is -0.103 e. The molecule has 0 saturated heterocycles. The van der Waals surface area contributed by atoms with E-state index in [9.17, 15) is 0 Å². The predicted octanol–water partition coefficient (Wildman–Crippen LogP) is 11.6. The second-order valence-corrected chi connectivity index (χ2v) is 11.6. The Kier molecular flexibility index (Phi) is 7.75. The highest BCUT2D eigenvalue weighted by Gasteiger charge is 2.44. The van der Waals surface area contributed by atoms with Gasteiger partial charge >= 0.3 is 0 Å². The van der Waals surface area contributed by atoms with Crippen LogP contribution in [0.5, 0.6) is 0 Å². The van der Waals surface area contributed by atoms with Crippen molar-refractivity contribution >= 4 is 0 Å². The van der Waals surface area contributed by atoms with Gasteiger partial charge in [0.2, 0.25) is 0 Å². The van der Waals surface area contributed by atoms with Crippen LogP contribution in [0.15, 0.2) is 134 Å². The van der Waals surface area contributed by atoms with Crippen LogP contribution in [-0.4, -0.2) is 0 Å². The zero-order valence-corrected chi connectivity index (χ0v) is 24.4. The normalized spacial score (nSPS) is 16.1. The van der Waals surface area contributed by atoms with E-state index in [1.165, 1.54) is 62.1 Å². The molecule has 0 heteroatoms. The average molecular weight is 533 g/mol. The molecule has 1 aliphatic carbocycles. The highest BCUT2D eigenvalue weighted by Crippen LogP contribution is 2.55. The fraction of sp³-hybridized carbons (Fsp3) is 0.220. The molecule has 6 rings (SSSR count). The van der Waals surface area contributed by atoms with Crippen molar-refractivity contribution in [2.45, 2.75) is 57.3 Å². The minimum atomic E-state index is -0.151. The quantitative estimate of drug-likeness (QED) is 0.124. The Morgan fingerprint density at radius 3 is 1.90 bits per heavy atom. The lowest BCUT2D eigenvalue weighted by Crippen LogP contribution is -2.27. The summed E-state index contributed by atoms with van der Waals surface area (Å²) in [5, 5.41) is 0. The van der Waals surface area contributed by atoms with Gasteiger partial charge in [-0.05, 0) is 93.3 Å². The maximum atomic E-state index is 3.96. The van der Waals surface area contributed by atoms with Crippen molar-refractivity contribution in [2.75, 3.05) is 0 Å². The number of fused-ring (bicyclic) bond motifs is 3. The summed E-state index contributed by atoms with van der Waals surface area (Å²) in [5.41, 5.74) is 13.3. The molecule has 0 heterocycles. The van der Waals surface area contributed by atoms with Crippen LogP contribution in [0.4, 0.5) is 0 Å². The first kappa shape index (κ1) is 27.0. The van der Waals surface area contributed by atoms with Crippen LogP contribution in [-0.2, 0) is 5.41 Å². The van der Waals surface area contributed by atoms with Gasteiger partial charge in [0.25, 0.3) is 0 Å². The molecule has 0 aromatic heterocycles.